The molecule has 1 aliphatic rings. The molecular weight excluding hydrogens is 330 g/mol. The minimum Gasteiger partial charge on any atom is -0.324 e. The van der Waals surface area contributed by atoms with Crippen LogP contribution in [0, 0.1) is 0 Å². The zero-order valence-corrected chi connectivity index (χ0v) is 13.1. The van der Waals surface area contributed by atoms with E-state index < -0.39 is 0 Å². The fourth-order valence-electron chi connectivity index (χ4n) is 2.52. The third-order valence-electron chi connectivity index (χ3n) is 3.69. The second kappa shape index (κ2) is 6.26. The van der Waals surface area contributed by atoms with Gasteiger partial charge in [-0.15, -0.1) is 0 Å². The molecule has 108 valence electrons. The minimum atomic E-state index is -0.0630. The lowest BCUT2D eigenvalue weighted by molar-refractivity contribution is 0.214. The maximum Gasteiger partial charge on any atom is 0.321 e. The first-order valence-corrected chi connectivity index (χ1v) is 7.76. The lowest BCUT2D eigenvalue weighted by Gasteiger charge is -2.20. The number of benzene rings is 1. The molecule has 4 nitrogen and oxygen atoms in total. The largest absolute Gasteiger partial charge is 0.324 e. The van der Waals surface area contributed by atoms with Gasteiger partial charge in [0.2, 0.25) is 0 Å². The summed E-state index contributed by atoms with van der Waals surface area (Å²) < 4.78 is 0.755. The molecule has 3 rings (SSSR count). The molecule has 0 bridgehead atoms. The SMILES string of the molecule is O=C(Nc1ccc(Br)nc1)N1CCc2ccccc2CC1. The summed E-state index contributed by atoms with van der Waals surface area (Å²) in [5, 5.41) is 2.90. The van der Waals surface area contributed by atoms with E-state index in [0.29, 0.717) is 5.69 Å². The molecule has 21 heavy (non-hydrogen) atoms. The van der Waals surface area contributed by atoms with Crippen molar-refractivity contribution >= 4 is 27.6 Å². The number of pyridine rings is 1. The summed E-state index contributed by atoms with van der Waals surface area (Å²) in [6.45, 7) is 1.49. The first-order chi connectivity index (χ1) is 10.2. The molecule has 5 heteroatoms. The van der Waals surface area contributed by atoms with Crippen molar-refractivity contribution in [3.8, 4) is 0 Å². The van der Waals surface area contributed by atoms with Crippen molar-refractivity contribution < 1.29 is 4.79 Å². The van der Waals surface area contributed by atoms with Gasteiger partial charge in [-0.05, 0) is 52.0 Å². The van der Waals surface area contributed by atoms with Crippen molar-refractivity contribution in [3.63, 3.8) is 0 Å². The molecule has 2 heterocycles. The number of nitrogens with one attached hydrogen (secondary N) is 1. The van der Waals surface area contributed by atoms with Crippen LogP contribution < -0.4 is 5.32 Å². The lowest BCUT2D eigenvalue weighted by Crippen LogP contribution is -2.36. The fourth-order valence-corrected chi connectivity index (χ4v) is 2.76. The molecule has 0 fully saturated rings. The van der Waals surface area contributed by atoms with Gasteiger partial charge in [-0.3, -0.25) is 0 Å². The van der Waals surface area contributed by atoms with Crippen LogP contribution in [0.1, 0.15) is 11.1 Å². The van der Waals surface area contributed by atoms with E-state index in [1.54, 1.807) is 6.20 Å². The van der Waals surface area contributed by atoms with E-state index in [9.17, 15) is 4.79 Å². The van der Waals surface area contributed by atoms with Gasteiger partial charge in [0.25, 0.3) is 0 Å². The maximum absolute atomic E-state index is 12.3. The normalized spacial score (nSPS) is 14.2. The van der Waals surface area contributed by atoms with E-state index in [1.165, 1.54) is 11.1 Å². The predicted molar refractivity (Wildman–Crippen MR) is 86.4 cm³/mol. The smallest absolute Gasteiger partial charge is 0.321 e. The zero-order chi connectivity index (χ0) is 14.7. The fraction of sp³-hybridized carbons (Fsp3) is 0.250. The molecule has 1 N–H and O–H groups in total. The van der Waals surface area contributed by atoms with Crippen molar-refractivity contribution in [2.75, 3.05) is 18.4 Å². The minimum absolute atomic E-state index is 0.0630. The van der Waals surface area contributed by atoms with Crippen LogP contribution in [0.4, 0.5) is 10.5 Å². The Morgan fingerprint density at radius 1 is 1.10 bits per heavy atom. The highest BCUT2D eigenvalue weighted by atomic mass is 79.9. The summed E-state index contributed by atoms with van der Waals surface area (Å²) in [4.78, 5) is 18.3. The Bertz CT molecular complexity index is 615. The van der Waals surface area contributed by atoms with Crippen LogP contribution in [0.25, 0.3) is 0 Å². The first kappa shape index (κ1) is 14.1. The van der Waals surface area contributed by atoms with Gasteiger partial charge < -0.3 is 10.2 Å². The van der Waals surface area contributed by atoms with Gasteiger partial charge in [-0.2, -0.15) is 0 Å². The van der Waals surface area contributed by atoms with Crippen LogP contribution in [-0.4, -0.2) is 29.0 Å². The van der Waals surface area contributed by atoms with Gasteiger partial charge >= 0.3 is 6.03 Å². The standard InChI is InChI=1S/C16H16BrN3O/c17-15-6-5-14(11-18-15)19-16(21)20-9-7-12-3-1-2-4-13(12)8-10-20/h1-6,11H,7-10H2,(H,19,21). The van der Waals surface area contributed by atoms with Crippen molar-refractivity contribution in [3.05, 3.63) is 58.3 Å². The van der Waals surface area contributed by atoms with E-state index in [4.69, 9.17) is 0 Å². The molecule has 0 saturated carbocycles. The number of fused-ring (bicyclic) bond motifs is 1. The van der Waals surface area contributed by atoms with E-state index in [0.717, 1.165) is 30.5 Å². The Balaban J connectivity index is 1.65. The number of amides is 2. The van der Waals surface area contributed by atoms with Gasteiger partial charge in [-0.1, -0.05) is 24.3 Å². The van der Waals surface area contributed by atoms with E-state index in [-0.39, 0.29) is 6.03 Å². The molecule has 1 aliphatic heterocycles. The summed E-state index contributed by atoms with van der Waals surface area (Å²) in [6, 6.07) is 12.0. The second-order valence-electron chi connectivity index (χ2n) is 5.06. The molecule has 0 radical (unpaired) electrons. The number of urea groups is 1. The van der Waals surface area contributed by atoms with Gasteiger partial charge in [0.15, 0.2) is 0 Å². The third-order valence-corrected chi connectivity index (χ3v) is 4.16. The number of rotatable bonds is 1. The van der Waals surface area contributed by atoms with Crippen LogP contribution in [0.2, 0.25) is 0 Å². The Labute approximate surface area is 132 Å². The number of hydrogen-bond donors (Lipinski definition) is 1. The van der Waals surface area contributed by atoms with Gasteiger partial charge in [-0.25, -0.2) is 9.78 Å². The third kappa shape index (κ3) is 3.42. The monoisotopic (exact) mass is 345 g/mol. The quantitative estimate of drug-likeness (QED) is 0.804. The van der Waals surface area contributed by atoms with Crippen LogP contribution in [0.15, 0.2) is 47.2 Å². The molecule has 0 aliphatic carbocycles. The zero-order valence-electron chi connectivity index (χ0n) is 11.6. The molecule has 1 aromatic heterocycles. The summed E-state index contributed by atoms with van der Waals surface area (Å²) >= 11 is 3.28. The maximum atomic E-state index is 12.3. The van der Waals surface area contributed by atoms with Crippen LogP contribution in [0.5, 0.6) is 0 Å². The highest BCUT2D eigenvalue weighted by Gasteiger charge is 2.18. The Morgan fingerprint density at radius 2 is 1.76 bits per heavy atom. The van der Waals surface area contributed by atoms with Crippen molar-refractivity contribution in [2.45, 2.75) is 12.8 Å². The Kier molecular flexibility index (Phi) is 4.20. The molecule has 2 amide bonds. The number of halogens is 1. The molecular formula is C16H16BrN3O. The van der Waals surface area contributed by atoms with Crippen molar-refractivity contribution in [1.82, 2.24) is 9.88 Å². The average molecular weight is 346 g/mol. The average Bonchev–Trinajstić information content (AvgIpc) is 2.72. The highest BCUT2D eigenvalue weighted by Crippen LogP contribution is 2.17. The number of carbonyl (C=O) groups excluding carboxylic acids is 1. The van der Waals surface area contributed by atoms with Crippen molar-refractivity contribution in [2.24, 2.45) is 0 Å². The van der Waals surface area contributed by atoms with Gasteiger partial charge in [0.05, 0.1) is 11.9 Å². The predicted octanol–water partition coefficient (Wildman–Crippen LogP) is 3.48. The summed E-state index contributed by atoms with van der Waals surface area (Å²) in [7, 11) is 0. The van der Waals surface area contributed by atoms with Gasteiger partial charge in [0.1, 0.15) is 4.60 Å². The summed E-state index contributed by atoms with van der Waals surface area (Å²) in [6.07, 6.45) is 3.46. The topological polar surface area (TPSA) is 45.2 Å². The second-order valence-corrected chi connectivity index (χ2v) is 5.87. The lowest BCUT2D eigenvalue weighted by atomic mass is 10.0. The highest BCUT2D eigenvalue weighted by molar-refractivity contribution is 9.10. The number of hydrogen-bond acceptors (Lipinski definition) is 2. The van der Waals surface area contributed by atoms with Crippen LogP contribution >= 0.6 is 15.9 Å². The number of anilines is 1. The van der Waals surface area contributed by atoms with Crippen molar-refractivity contribution in [1.29, 1.82) is 0 Å². The molecule has 0 saturated heterocycles. The van der Waals surface area contributed by atoms with E-state index >= 15 is 0 Å². The van der Waals surface area contributed by atoms with Crippen LogP contribution in [0.3, 0.4) is 0 Å². The van der Waals surface area contributed by atoms with E-state index in [1.807, 2.05) is 17.0 Å². The molecule has 0 unspecified atom stereocenters. The number of carbonyl (C=O) groups is 1. The molecule has 0 atom stereocenters. The Hall–Kier alpha value is -1.88. The number of nitrogens with zero attached hydrogens (tertiary/aromatic N) is 2. The van der Waals surface area contributed by atoms with Crippen LogP contribution in [-0.2, 0) is 12.8 Å². The Morgan fingerprint density at radius 3 is 2.33 bits per heavy atom. The molecule has 0 spiro atoms. The summed E-state index contributed by atoms with van der Waals surface area (Å²) in [5.41, 5.74) is 3.40. The number of aromatic nitrogens is 1. The first-order valence-electron chi connectivity index (χ1n) is 6.96. The molecule has 2 aromatic rings. The van der Waals surface area contributed by atoms with E-state index in [2.05, 4.69) is 50.5 Å². The summed E-state index contributed by atoms with van der Waals surface area (Å²) in [5.74, 6) is 0. The van der Waals surface area contributed by atoms with Gasteiger partial charge in [0, 0.05) is 13.1 Å². The molecule has 1 aromatic carbocycles.